The fourth-order valence-corrected chi connectivity index (χ4v) is 4.79. The first-order valence-electron chi connectivity index (χ1n) is 9.70. The lowest BCUT2D eigenvalue weighted by Crippen LogP contribution is -2.19. The quantitative estimate of drug-likeness (QED) is 0.226. The number of thiocarbonyl (C=S) groups is 1. The Bertz CT molecular complexity index is 1230. The van der Waals surface area contributed by atoms with Crippen LogP contribution in [0.2, 0.25) is 0 Å². The van der Waals surface area contributed by atoms with Crippen LogP contribution >= 0.6 is 35.3 Å². The molecule has 1 aromatic heterocycles. The molecule has 32 heavy (non-hydrogen) atoms. The molecule has 0 aliphatic heterocycles. The van der Waals surface area contributed by atoms with Gasteiger partial charge in [0.15, 0.2) is 10.2 Å². The van der Waals surface area contributed by atoms with Crippen molar-refractivity contribution < 1.29 is 9.53 Å². The van der Waals surface area contributed by atoms with Crippen LogP contribution in [-0.2, 0) is 4.79 Å². The Morgan fingerprint density at radius 2 is 1.84 bits per heavy atom. The van der Waals surface area contributed by atoms with Crippen molar-refractivity contribution in [2.45, 2.75) is 4.90 Å². The Morgan fingerprint density at radius 1 is 1.03 bits per heavy atom. The molecule has 0 aliphatic rings. The number of fused-ring (bicyclic) bond motifs is 1. The summed E-state index contributed by atoms with van der Waals surface area (Å²) in [4.78, 5) is 17.8. The van der Waals surface area contributed by atoms with Crippen LogP contribution in [0.3, 0.4) is 0 Å². The Hall–Kier alpha value is -3.14. The zero-order chi connectivity index (χ0) is 22.3. The number of carbonyl (C=O) groups is 1. The molecule has 1 amide bonds. The second-order valence-corrected chi connectivity index (χ2v) is 9.12. The highest BCUT2D eigenvalue weighted by molar-refractivity contribution is 8.00. The Labute approximate surface area is 199 Å². The molecule has 0 saturated carbocycles. The molecular weight excluding hydrogens is 460 g/mol. The van der Waals surface area contributed by atoms with Crippen LogP contribution < -0.4 is 20.7 Å². The lowest BCUT2D eigenvalue weighted by atomic mass is 10.3. The predicted molar refractivity (Wildman–Crippen MR) is 138 cm³/mol. The minimum absolute atomic E-state index is 0.0965. The van der Waals surface area contributed by atoms with Crippen molar-refractivity contribution in [2.75, 3.05) is 28.8 Å². The molecule has 9 heteroatoms. The summed E-state index contributed by atoms with van der Waals surface area (Å²) in [5, 5.41) is 10.2. The smallest absolute Gasteiger partial charge is 0.236 e. The van der Waals surface area contributed by atoms with Gasteiger partial charge in [-0.05, 0) is 54.7 Å². The predicted octanol–water partition coefficient (Wildman–Crippen LogP) is 5.84. The standard InChI is InChI=1S/C23H20N4O2S3/c1-29-19-11-4-2-9-17(19)25-22(30)24-15-7-6-8-16(13-15)31-14-21(28)27-23-26-18-10-3-5-12-20(18)32-23/h2-13H,14H2,1H3,(H2,24,25,30)(H,26,27,28). The van der Waals surface area contributed by atoms with Crippen LogP contribution in [-0.4, -0.2) is 28.9 Å². The van der Waals surface area contributed by atoms with E-state index in [0.29, 0.717) is 16.0 Å². The molecule has 1 heterocycles. The van der Waals surface area contributed by atoms with Crippen molar-refractivity contribution in [2.24, 2.45) is 0 Å². The van der Waals surface area contributed by atoms with E-state index in [0.717, 1.165) is 26.5 Å². The number of aromatic nitrogens is 1. The average molecular weight is 481 g/mol. The minimum atomic E-state index is -0.0965. The summed E-state index contributed by atoms with van der Waals surface area (Å²) >= 11 is 8.34. The van der Waals surface area contributed by atoms with Crippen molar-refractivity contribution in [3.05, 3.63) is 72.8 Å². The number of rotatable bonds is 7. The summed E-state index contributed by atoms with van der Waals surface area (Å²) in [5.41, 5.74) is 2.50. The summed E-state index contributed by atoms with van der Waals surface area (Å²) in [6, 6.07) is 23.1. The molecule has 0 bridgehead atoms. The number of nitrogens with zero attached hydrogens (tertiary/aromatic N) is 1. The van der Waals surface area contributed by atoms with E-state index in [1.807, 2.05) is 72.8 Å². The van der Waals surface area contributed by atoms with Crippen LogP contribution in [0, 0.1) is 0 Å². The van der Waals surface area contributed by atoms with Gasteiger partial charge >= 0.3 is 0 Å². The molecular formula is C23H20N4O2S3. The lowest BCUT2D eigenvalue weighted by molar-refractivity contribution is -0.113. The molecule has 0 atom stereocenters. The van der Waals surface area contributed by atoms with Crippen LogP contribution in [0.25, 0.3) is 10.2 Å². The lowest BCUT2D eigenvalue weighted by Gasteiger charge is -2.13. The fraction of sp³-hybridized carbons (Fsp3) is 0.0870. The third-order valence-electron chi connectivity index (χ3n) is 4.36. The molecule has 0 radical (unpaired) electrons. The van der Waals surface area contributed by atoms with Gasteiger partial charge in [0, 0.05) is 10.6 Å². The van der Waals surface area contributed by atoms with Gasteiger partial charge in [0.05, 0.1) is 28.8 Å². The number of amides is 1. The van der Waals surface area contributed by atoms with Gasteiger partial charge in [-0.15, -0.1) is 11.8 Å². The summed E-state index contributed by atoms with van der Waals surface area (Å²) in [6.45, 7) is 0. The second-order valence-electron chi connectivity index (χ2n) is 6.63. The first kappa shape index (κ1) is 22.1. The number of anilines is 3. The van der Waals surface area contributed by atoms with Crippen molar-refractivity contribution in [3.63, 3.8) is 0 Å². The molecule has 0 spiro atoms. The van der Waals surface area contributed by atoms with Crippen LogP contribution in [0.5, 0.6) is 5.75 Å². The number of hydrogen-bond donors (Lipinski definition) is 3. The summed E-state index contributed by atoms with van der Waals surface area (Å²) < 4.78 is 6.38. The summed E-state index contributed by atoms with van der Waals surface area (Å²) in [6.07, 6.45) is 0. The molecule has 6 nitrogen and oxygen atoms in total. The number of methoxy groups -OCH3 is 1. The highest BCUT2D eigenvalue weighted by atomic mass is 32.2. The minimum Gasteiger partial charge on any atom is -0.495 e. The number of benzene rings is 3. The molecule has 3 aromatic carbocycles. The van der Waals surface area contributed by atoms with Gasteiger partial charge < -0.3 is 20.7 Å². The van der Waals surface area contributed by atoms with Crippen molar-refractivity contribution >= 4 is 73.1 Å². The van der Waals surface area contributed by atoms with Gasteiger partial charge in [-0.3, -0.25) is 4.79 Å². The number of thioether (sulfide) groups is 1. The molecule has 4 aromatic rings. The van der Waals surface area contributed by atoms with Crippen molar-refractivity contribution in [3.8, 4) is 5.75 Å². The maximum Gasteiger partial charge on any atom is 0.236 e. The molecule has 162 valence electrons. The number of nitrogens with one attached hydrogen (secondary N) is 3. The number of hydrogen-bond acceptors (Lipinski definition) is 6. The van der Waals surface area contributed by atoms with Gasteiger partial charge in [0.1, 0.15) is 5.75 Å². The Kier molecular flexibility index (Phi) is 7.21. The number of para-hydroxylation sites is 3. The highest BCUT2D eigenvalue weighted by Gasteiger charge is 2.09. The topological polar surface area (TPSA) is 75.3 Å². The average Bonchev–Trinajstić information content (AvgIpc) is 3.20. The number of carbonyl (C=O) groups excluding carboxylic acids is 1. The number of ether oxygens (including phenoxy) is 1. The zero-order valence-electron chi connectivity index (χ0n) is 17.1. The molecule has 3 N–H and O–H groups in total. The normalized spacial score (nSPS) is 10.5. The van der Waals surface area contributed by atoms with Gasteiger partial charge in [-0.25, -0.2) is 4.98 Å². The number of thiazole rings is 1. The van der Waals surface area contributed by atoms with E-state index in [1.165, 1.54) is 23.1 Å². The third-order valence-corrected chi connectivity index (χ3v) is 6.51. The van der Waals surface area contributed by atoms with Gasteiger partial charge in [0.25, 0.3) is 0 Å². The third kappa shape index (κ3) is 5.76. The highest BCUT2D eigenvalue weighted by Crippen LogP contribution is 2.27. The van der Waals surface area contributed by atoms with Crippen molar-refractivity contribution in [1.29, 1.82) is 0 Å². The molecule has 4 rings (SSSR count). The maximum absolute atomic E-state index is 12.4. The molecule has 0 unspecified atom stereocenters. The van der Waals surface area contributed by atoms with Crippen molar-refractivity contribution in [1.82, 2.24) is 4.98 Å². The SMILES string of the molecule is COc1ccccc1NC(=S)Nc1cccc(SCC(=O)Nc2nc3ccccc3s2)c1. The first-order chi connectivity index (χ1) is 15.6. The van der Waals surface area contributed by atoms with E-state index in [1.54, 1.807) is 7.11 Å². The first-order valence-corrected chi connectivity index (χ1v) is 11.9. The van der Waals surface area contributed by atoms with Gasteiger partial charge in [0.2, 0.25) is 5.91 Å². The largest absolute Gasteiger partial charge is 0.495 e. The molecule has 0 saturated heterocycles. The van der Waals surface area contributed by atoms with Crippen LogP contribution in [0.15, 0.2) is 77.7 Å². The van der Waals surface area contributed by atoms with E-state index in [-0.39, 0.29) is 11.7 Å². The Morgan fingerprint density at radius 3 is 2.69 bits per heavy atom. The van der Waals surface area contributed by atoms with E-state index in [9.17, 15) is 4.79 Å². The molecule has 0 aliphatic carbocycles. The van der Waals surface area contributed by atoms with Crippen LogP contribution in [0.4, 0.5) is 16.5 Å². The maximum atomic E-state index is 12.4. The summed E-state index contributed by atoms with van der Waals surface area (Å²) in [5.74, 6) is 0.893. The van der Waals surface area contributed by atoms with E-state index >= 15 is 0 Å². The van der Waals surface area contributed by atoms with E-state index in [2.05, 4.69) is 20.9 Å². The Balaban J connectivity index is 1.31. The van der Waals surface area contributed by atoms with Crippen LogP contribution in [0.1, 0.15) is 0 Å². The van der Waals surface area contributed by atoms with E-state index in [4.69, 9.17) is 17.0 Å². The summed E-state index contributed by atoms with van der Waals surface area (Å²) in [7, 11) is 1.62. The van der Waals surface area contributed by atoms with Gasteiger partial charge in [-0.1, -0.05) is 41.7 Å². The molecule has 0 fully saturated rings. The van der Waals surface area contributed by atoms with Gasteiger partial charge in [-0.2, -0.15) is 0 Å². The monoisotopic (exact) mass is 480 g/mol. The fourth-order valence-electron chi connectivity index (χ4n) is 2.93. The second kappa shape index (κ2) is 10.4. The van der Waals surface area contributed by atoms with E-state index < -0.39 is 0 Å². The zero-order valence-corrected chi connectivity index (χ0v) is 19.6.